The fourth-order valence-corrected chi connectivity index (χ4v) is 1.92. The van der Waals surface area contributed by atoms with Crippen molar-refractivity contribution < 1.29 is 0 Å². The first-order valence-electron chi connectivity index (χ1n) is 4.14. The molecule has 0 radical (unpaired) electrons. The number of rotatable bonds is 3. The standard InChI is InChI=1S/C9H15I/c10-8-4-7-9-5-2-1-3-6-9/h1-2,9H,3-8H2. The van der Waals surface area contributed by atoms with Crippen LogP contribution >= 0.6 is 22.6 Å². The minimum absolute atomic E-state index is 1.01. The van der Waals surface area contributed by atoms with Crippen molar-refractivity contribution in [2.75, 3.05) is 4.43 Å². The summed E-state index contributed by atoms with van der Waals surface area (Å²) in [5.74, 6) is 1.01. The lowest BCUT2D eigenvalue weighted by atomic mass is 9.91. The molecular weight excluding hydrogens is 235 g/mol. The third-order valence-corrected chi connectivity index (χ3v) is 2.89. The fraction of sp³-hybridized carbons (Fsp3) is 0.778. The molecule has 0 aromatic carbocycles. The first-order chi connectivity index (χ1) is 4.93. The summed E-state index contributed by atoms with van der Waals surface area (Å²) >= 11 is 2.47. The molecule has 58 valence electrons. The van der Waals surface area contributed by atoms with Gasteiger partial charge in [-0.1, -0.05) is 34.7 Å². The van der Waals surface area contributed by atoms with Gasteiger partial charge in [0.1, 0.15) is 0 Å². The van der Waals surface area contributed by atoms with E-state index in [2.05, 4.69) is 34.7 Å². The monoisotopic (exact) mass is 250 g/mol. The van der Waals surface area contributed by atoms with E-state index in [4.69, 9.17) is 0 Å². The van der Waals surface area contributed by atoms with Gasteiger partial charge in [0.25, 0.3) is 0 Å². The van der Waals surface area contributed by atoms with Gasteiger partial charge in [0.2, 0.25) is 0 Å². The third kappa shape index (κ3) is 3.04. The summed E-state index contributed by atoms with van der Waals surface area (Å²) < 4.78 is 1.33. The quantitative estimate of drug-likeness (QED) is 0.408. The van der Waals surface area contributed by atoms with E-state index in [1.807, 2.05) is 0 Å². The average molecular weight is 250 g/mol. The summed E-state index contributed by atoms with van der Waals surface area (Å²) in [7, 11) is 0. The van der Waals surface area contributed by atoms with Crippen LogP contribution < -0.4 is 0 Å². The number of halogens is 1. The highest BCUT2D eigenvalue weighted by molar-refractivity contribution is 14.1. The van der Waals surface area contributed by atoms with E-state index in [1.165, 1.54) is 36.5 Å². The lowest BCUT2D eigenvalue weighted by Crippen LogP contribution is -2.02. The predicted octanol–water partition coefficient (Wildman–Crippen LogP) is 3.56. The van der Waals surface area contributed by atoms with Crippen LogP contribution in [0.15, 0.2) is 12.2 Å². The molecule has 0 heterocycles. The molecule has 0 spiro atoms. The minimum atomic E-state index is 1.01. The minimum Gasteiger partial charge on any atom is -0.0885 e. The highest BCUT2D eigenvalue weighted by atomic mass is 127. The second-order valence-electron chi connectivity index (χ2n) is 2.98. The molecule has 1 aliphatic carbocycles. The molecule has 1 atom stereocenters. The maximum absolute atomic E-state index is 2.47. The molecule has 10 heavy (non-hydrogen) atoms. The van der Waals surface area contributed by atoms with E-state index >= 15 is 0 Å². The molecule has 0 nitrogen and oxygen atoms in total. The second kappa shape index (κ2) is 5.16. The number of hydrogen-bond acceptors (Lipinski definition) is 0. The van der Waals surface area contributed by atoms with Crippen molar-refractivity contribution in [3.8, 4) is 0 Å². The molecular formula is C9H15I. The Morgan fingerprint density at radius 3 is 2.90 bits per heavy atom. The van der Waals surface area contributed by atoms with Gasteiger partial charge in [-0.05, 0) is 42.4 Å². The Balaban J connectivity index is 2.10. The number of hydrogen-bond donors (Lipinski definition) is 0. The summed E-state index contributed by atoms with van der Waals surface area (Å²) in [6.45, 7) is 0. The van der Waals surface area contributed by atoms with E-state index < -0.39 is 0 Å². The van der Waals surface area contributed by atoms with Crippen LogP contribution in [-0.4, -0.2) is 4.43 Å². The smallest absolute Gasteiger partial charge is 0.000462 e. The topological polar surface area (TPSA) is 0 Å². The van der Waals surface area contributed by atoms with Crippen molar-refractivity contribution in [1.29, 1.82) is 0 Å². The van der Waals surface area contributed by atoms with Gasteiger partial charge in [0.15, 0.2) is 0 Å². The van der Waals surface area contributed by atoms with Gasteiger partial charge in [0.05, 0.1) is 0 Å². The van der Waals surface area contributed by atoms with Crippen LogP contribution in [0, 0.1) is 5.92 Å². The normalized spacial score (nSPS) is 25.1. The molecule has 1 unspecified atom stereocenters. The van der Waals surface area contributed by atoms with Crippen LogP contribution in [0.4, 0.5) is 0 Å². The molecule has 0 saturated carbocycles. The van der Waals surface area contributed by atoms with Crippen LogP contribution in [0.25, 0.3) is 0 Å². The van der Waals surface area contributed by atoms with Crippen LogP contribution in [0.2, 0.25) is 0 Å². The first kappa shape index (κ1) is 8.57. The molecule has 0 aromatic heterocycles. The van der Waals surface area contributed by atoms with Gasteiger partial charge in [0, 0.05) is 0 Å². The van der Waals surface area contributed by atoms with Gasteiger partial charge in [-0.2, -0.15) is 0 Å². The Labute approximate surface area is 77.2 Å². The van der Waals surface area contributed by atoms with E-state index in [0.717, 1.165) is 5.92 Å². The maximum atomic E-state index is 2.47. The molecule has 0 N–H and O–H groups in total. The summed E-state index contributed by atoms with van der Waals surface area (Å²) in [5.41, 5.74) is 0. The van der Waals surface area contributed by atoms with E-state index in [-0.39, 0.29) is 0 Å². The van der Waals surface area contributed by atoms with Crippen molar-refractivity contribution in [3.63, 3.8) is 0 Å². The Bertz CT molecular complexity index is 107. The van der Waals surface area contributed by atoms with Gasteiger partial charge in [-0.15, -0.1) is 0 Å². The Hall–Kier alpha value is 0.470. The Morgan fingerprint density at radius 1 is 1.40 bits per heavy atom. The van der Waals surface area contributed by atoms with Crippen molar-refractivity contribution in [2.45, 2.75) is 32.1 Å². The van der Waals surface area contributed by atoms with E-state index in [0.29, 0.717) is 0 Å². The Morgan fingerprint density at radius 2 is 2.30 bits per heavy atom. The molecule has 0 aromatic rings. The zero-order chi connectivity index (χ0) is 7.23. The van der Waals surface area contributed by atoms with Crippen molar-refractivity contribution in [3.05, 3.63) is 12.2 Å². The maximum Gasteiger partial charge on any atom is -0.000462 e. The van der Waals surface area contributed by atoms with Crippen LogP contribution in [-0.2, 0) is 0 Å². The molecule has 1 heteroatoms. The van der Waals surface area contributed by atoms with Crippen LogP contribution in [0.3, 0.4) is 0 Å². The van der Waals surface area contributed by atoms with Gasteiger partial charge in [-0.3, -0.25) is 0 Å². The predicted molar refractivity (Wildman–Crippen MR) is 54.6 cm³/mol. The SMILES string of the molecule is ICCCC1CC=CCC1. The third-order valence-electron chi connectivity index (χ3n) is 2.12. The highest BCUT2D eigenvalue weighted by Crippen LogP contribution is 2.22. The number of allylic oxidation sites excluding steroid dienone is 2. The van der Waals surface area contributed by atoms with Gasteiger partial charge in [-0.25, -0.2) is 0 Å². The van der Waals surface area contributed by atoms with Crippen molar-refractivity contribution >= 4 is 22.6 Å². The molecule has 1 aliphatic rings. The zero-order valence-corrected chi connectivity index (χ0v) is 8.51. The summed E-state index contributed by atoms with van der Waals surface area (Å²) in [4.78, 5) is 0. The molecule has 0 aliphatic heterocycles. The van der Waals surface area contributed by atoms with Gasteiger partial charge < -0.3 is 0 Å². The molecule has 0 fully saturated rings. The van der Waals surface area contributed by atoms with Crippen molar-refractivity contribution in [2.24, 2.45) is 5.92 Å². The van der Waals surface area contributed by atoms with Crippen LogP contribution in [0.5, 0.6) is 0 Å². The molecule has 0 saturated heterocycles. The number of alkyl halides is 1. The van der Waals surface area contributed by atoms with E-state index in [9.17, 15) is 0 Å². The first-order valence-corrected chi connectivity index (χ1v) is 5.67. The van der Waals surface area contributed by atoms with Crippen molar-refractivity contribution in [1.82, 2.24) is 0 Å². The lowest BCUT2D eigenvalue weighted by molar-refractivity contribution is 0.443. The van der Waals surface area contributed by atoms with Gasteiger partial charge >= 0.3 is 0 Å². The highest BCUT2D eigenvalue weighted by Gasteiger charge is 2.07. The van der Waals surface area contributed by atoms with E-state index in [1.54, 1.807) is 0 Å². The summed E-state index contributed by atoms with van der Waals surface area (Å²) in [6.07, 6.45) is 11.6. The largest absolute Gasteiger partial charge is 0.0885 e. The summed E-state index contributed by atoms with van der Waals surface area (Å²) in [6, 6.07) is 0. The molecule has 1 rings (SSSR count). The second-order valence-corrected chi connectivity index (χ2v) is 4.06. The Kier molecular flexibility index (Phi) is 4.42. The van der Waals surface area contributed by atoms with Crippen LogP contribution in [0.1, 0.15) is 32.1 Å². The fourth-order valence-electron chi connectivity index (χ4n) is 1.48. The summed E-state index contributed by atoms with van der Waals surface area (Å²) in [5, 5.41) is 0. The lowest BCUT2D eigenvalue weighted by Gasteiger charge is -2.16. The molecule has 0 amide bonds. The zero-order valence-electron chi connectivity index (χ0n) is 6.35. The average Bonchev–Trinajstić information content (AvgIpc) is 2.03. The molecule has 0 bridgehead atoms.